The summed E-state index contributed by atoms with van der Waals surface area (Å²) in [5.74, 6) is 0.471. The summed E-state index contributed by atoms with van der Waals surface area (Å²) in [5, 5.41) is 40.6. The lowest BCUT2D eigenvalue weighted by atomic mass is 9.91. The summed E-state index contributed by atoms with van der Waals surface area (Å²) in [7, 11) is 3.71. The van der Waals surface area contributed by atoms with Gasteiger partial charge in [0.05, 0.1) is 40.1 Å². The number of H-pyrrole nitrogens is 1. The Balaban J connectivity index is 0.917. The molecule has 14 heteroatoms. The molecule has 0 radical (unpaired) electrons. The second-order valence-corrected chi connectivity index (χ2v) is 15.9. The Kier molecular flexibility index (Phi) is 13.3. The van der Waals surface area contributed by atoms with Crippen LogP contribution in [0.2, 0.25) is 5.02 Å². The highest BCUT2D eigenvalue weighted by molar-refractivity contribution is 7.12. The van der Waals surface area contributed by atoms with Crippen LogP contribution < -0.4 is 20.3 Å². The van der Waals surface area contributed by atoms with Gasteiger partial charge in [0.25, 0.3) is 0 Å². The lowest BCUT2D eigenvalue weighted by Crippen LogP contribution is -2.42. The van der Waals surface area contributed by atoms with Crippen LogP contribution in [0.15, 0.2) is 76.2 Å². The number of aliphatic hydroxyl groups is 2. The number of fused-ring (bicyclic) bond motifs is 1. The fraction of sp³-hybridized carbons (Fsp3) is 0.400. The molecule has 0 spiro atoms. The van der Waals surface area contributed by atoms with Gasteiger partial charge in [-0.2, -0.15) is 0 Å². The molecule has 5 aromatic rings. The van der Waals surface area contributed by atoms with Gasteiger partial charge in [0.15, 0.2) is 0 Å². The van der Waals surface area contributed by atoms with Crippen LogP contribution >= 0.6 is 34.3 Å². The van der Waals surface area contributed by atoms with Gasteiger partial charge < -0.3 is 44.7 Å². The molecule has 1 atom stereocenters. The van der Waals surface area contributed by atoms with E-state index in [4.69, 9.17) is 25.8 Å². The number of methoxy groups -OCH3 is 1. The number of pyridine rings is 1. The van der Waals surface area contributed by atoms with E-state index in [2.05, 4.69) is 22.2 Å². The number of ether oxygens (including phenoxy) is 3. The van der Waals surface area contributed by atoms with Crippen LogP contribution in [-0.2, 0) is 21.7 Å². The number of unbranched alkanes of at least 4 members (excludes halogenated alkanes) is 1. The minimum atomic E-state index is -1.78. The quantitative estimate of drug-likeness (QED) is 0.0507. The number of phenols is 1. The number of nitrogens with one attached hydrogen (secondary N) is 2. The predicted octanol–water partition coefficient (Wildman–Crippen LogP) is 6.72. The van der Waals surface area contributed by atoms with Crippen molar-refractivity contribution in [2.75, 3.05) is 33.9 Å². The molecule has 3 heterocycles. The molecule has 1 aliphatic carbocycles. The molecular formula is C40H46ClN3O8S2. The summed E-state index contributed by atoms with van der Waals surface area (Å²) in [6, 6.07) is 17.2. The summed E-state index contributed by atoms with van der Waals surface area (Å²) >= 11 is 9.30. The monoisotopic (exact) mass is 795 g/mol. The third kappa shape index (κ3) is 9.11. The molecular weight excluding hydrogens is 750 g/mol. The van der Waals surface area contributed by atoms with Crippen LogP contribution in [0, 0.1) is 0 Å². The van der Waals surface area contributed by atoms with Crippen molar-refractivity contribution in [3.63, 3.8) is 0 Å². The van der Waals surface area contributed by atoms with Gasteiger partial charge in [-0.15, -0.1) is 22.7 Å². The zero-order valence-electron chi connectivity index (χ0n) is 30.3. The molecule has 0 bridgehead atoms. The first-order valence-corrected chi connectivity index (χ1v) is 20.2. The molecule has 0 unspecified atom stereocenters. The number of aromatic nitrogens is 1. The topological polar surface area (TPSA) is 154 Å². The molecule has 5 N–H and O–H groups in total. The summed E-state index contributed by atoms with van der Waals surface area (Å²) in [4.78, 5) is 31.2. The first-order chi connectivity index (χ1) is 26.1. The van der Waals surface area contributed by atoms with E-state index in [1.54, 1.807) is 43.5 Å². The highest BCUT2D eigenvalue weighted by Gasteiger charge is 2.45. The highest BCUT2D eigenvalue weighted by Crippen LogP contribution is 2.38. The predicted molar refractivity (Wildman–Crippen MR) is 212 cm³/mol. The zero-order valence-corrected chi connectivity index (χ0v) is 32.6. The number of rotatable bonds is 17. The van der Waals surface area contributed by atoms with Gasteiger partial charge >= 0.3 is 5.97 Å². The second kappa shape index (κ2) is 18.1. The van der Waals surface area contributed by atoms with E-state index in [1.807, 2.05) is 22.9 Å². The Hall–Kier alpha value is -3.95. The summed E-state index contributed by atoms with van der Waals surface area (Å²) < 4.78 is 17.6. The van der Waals surface area contributed by atoms with Crippen molar-refractivity contribution < 1.29 is 34.3 Å². The number of thiophene rings is 2. The molecule has 2 aromatic carbocycles. The summed E-state index contributed by atoms with van der Waals surface area (Å²) in [6.07, 6.45) is 3.96. The molecule has 54 heavy (non-hydrogen) atoms. The van der Waals surface area contributed by atoms with Gasteiger partial charge in [0.2, 0.25) is 11.2 Å². The Morgan fingerprint density at radius 1 is 1.04 bits per heavy atom. The lowest BCUT2D eigenvalue weighted by Gasteiger charge is -2.35. The van der Waals surface area contributed by atoms with E-state index < -0.39 is 17.7 Å². The summed E-state index contributed by atoms with van der Waals surface area (Å²) in [5.41, 5.74) is -0.461. The number of aromatic hydroxyl groups is 1. The number of carbonyl (C=O) groups is 1. The Morgan fingerprint density at radius 2 is 1.76 bits per heavy atom. The maximum absolute atomic E-state index is 13.4. The highest BCUT2D eigenvalue weighted by atomic mass is 35.5. The van der Waals surface area contributed by atoms with Crippen molar-refractivity contribution >= 4 is 51.1 Å². The minimum Gasteiger partial charge on any atom is -0.506 e. The molecule has 6 rings (SSSR count). The van der Waals surface area contributed by atoms with E-state index in [-0.39, 0.29) is 29.5 Å². The van der Waals surface area contributed by atoms with Gasteiger partial charge in [0, 0.05) is 42.2 Å². The van der Waals surface area contributed by atoms with Gasteiger partial charge in [-0.3, -0.25) is 4.79 Å². The van der Waals surface area contributed by atoms with Crippen LogP contribution in [0.4, 0.5) is 0 Å². The van der Waals surface area contributed by atoms with Crippen molar-refractivity contribution in [3.05, 3.63) is 108 Å². The minimum absolute atomic E-state index is 0.0621. The summed E-state index contributed by atoms with van der Waals surface area (Å²) in [6.45, 7) is 1.97. The van der Waals surface area contributed by atoms with Crippen LogP contribution in [0.5, 0.6) is 17.2 Å². The molecule has 11 nitrogen and oxygen atoms in total. The van der Waals surface area contributed by atoms with Crippen molar-refractivity contribution in [1.82, 2.24) is 15.2 Å². The van der Waals surface area contributed by atoms with E-state index in [0.29, 0.717) is 56.4 Å². The smallest absolute Gasteiger partial charge is 0.349 e. The van der Waals surface area contributed by atoms with Crippen LogP contribution in [0.25, 0.3) is 10.9 Å². The number of aliphatic hydroxyl groups excluding tert-OH is 1. The Labute approximate surface area is 327 Å². The third-order valence-electron chi connectivity index (χ3n) is 10.0. The molecule has 0 aliphatic heterocycles. The average Bonchev–Trinajstić information content (AvgIpc) is 3.92. The van der Waals surface area contributed by atoms with Gasteiger partial charge in [-0.05, 0) is 98.8 Å². The Bertz CT molecular complexity index is 2010. The average molecular weight is 796 g/mol. The van der Waals surface area contributed by atoms with Gasteiger partial charge in [0.1, 0.15) is 23.4 Å². The Morgan fingerprint density at radius 3 is 2.43 bits per heavy atom. The van der Waals surface area contributed by atoms with Crippen molar-refractivity contribution in [3.8, 4) is 17.2 Å². The van der Waals surface area contributed by atoms with E-state index in [9.17, 15) is 24.9 Å². The number of carbonyl (C=O) groups excluding carboxylic acids is 1. The molecule has 0 amide bonds. The number of aromatic amines is 1. The fourth-order valence-electron chi connectivity index (χ4n) is 6.98. The standard InChI is InChI=1S/C40H46ClN3O8S2/c1-44(26-9-11-27(12-10-26)52-39(48)40(49,35-7-5-19-53-35)36-8-6-20-54-36)17-3-4-18-51-34-22-33(50-2)25(21-30(34)41)23-42-24-32(46)28-13-15-31(45)38-29(28)14-16-37(47)43-38/h5-8,13-16,19-22,26-27,32,42,45-46,49H,3-4,9-12,17-18,23-24H2,1-2H3,(H,43,47)/t26?,27?,32-/m0/s1. The van der Waals surface area contributed by atoms with Gasteiger partial charge in [-0.25, -0.2) is 4.79 Å². The number of nitrogens with zero attached hydrogens (tertiary/aromatic N) is 1. The first kappa shape index (κ1) is 39.7. The van der Waals surface area contributed by atoms with Crippen molar-refractivity contribution in [1.29, 1.82) is 0 Å². The lowest BCUT2D eigenvalue weighted by molar-refractivity contribution is -0.169. The molecule has 288 valence electrons. The second-order valence-electron chi connectivity index (χ2n) is 13.6. The molecule has 1 aliphatic rings. The van der Waals surface area contributed by atoms with Crippen LogP contribution in [0.3, 0.4) is 0 Å². The number of halogens is 1. The number of phenolic OH excluding ortho intramolecular Hbond substituents is 1. The number of benzene rings is 2. The van der Waals surface area contributed by atoms with Crippen molar-refractivity contribution in [2.24, 2.45) is 0 Å². The molecule has 0 saturated heterocycles. The maximum Gasteiger partial charge on any atom is 0.349 e. The maximum atomic E-state index is 13.4. The number of hydrogen-bond donors (Lipinski definition) is 5. The zero-order chi connectivity index (χ0) is 38.2. The first-order valence-electron chi connectivity index (χ1n) is 18.0. The van der Waals surface area contributed by atoms with E-state index >= 15 is 0 Å². The SMILES string of the molecule is COc1cc(OCCCCN(C)C2CCC(OC(=O)C(O)(c3cccs3)c3cccs3)CC2)c(Cl)cc1CNC[C@H](O)c1ccc(O)c2[nH]c(=O)ccc12. The van der Waals surface area contributed by atoms with Crippen LogP contribution in [-0.4, -0.2) is 77.2 Å². The largest absolute Gasteiger partial charge is 0.506 e. The molecule has 1 saturated carbocycles. The van der Waals surface area contributed by atoms with E-state index in [0.717, 1.165) is 50.6 Å². The van der Waals surface area contributed by atoms with Crippen LogP contribution in [0.1, 0.15) is 65.5 Å². The van der Waals surface area contributed by atoms with Gasteiger partial charge in [-0.1, -0.05) is 29.8 Å². The number of hydrogen-bond acceptors (Lipinski definition) is 12. The molecule has 3 aromatic heterocycles. The molecule has 1 fully saturated rings. The van der Waals surface area contributed by atoms with Crippen molar-refractivity contribution in [2.45, 2.75) is 68.9 Å². The fourth-order valence-corrected chi connectivity index (χ4v) is 8.93. The number of esters is 1. The van der Waals surface area contributed by atoms with E-state index in [1.165, 1.54) is 34.8 Å². The third-order valence-corrected chi connectivity index (χ3v) is 12.3. The normalized spacial score (nSPS) is 16.8.